The maximum absolute atomic E-state index is 13.7. The van der Waals surface area contributed by atoms with E-state index in [1.807, 2.05) is 18.0 Å². The van der Waals surface area contributed by atoms with Crippen molar-refractivity contribution in [3.05, 3.63) is 53.6 Å². The molecule has 2 aliphatic rings. The van der Waals surface area contributed by atoms with E-state index in [1.165, 1.54) is 6.07 Å². The van der Waals surface area contributed by atoms with Gasteiger partial charge < -0.3 is 18.9 Å². The monoisotopic (exact) mass is 474 g/mol. The Hall–Kier alpha value is -2.83. The summed E-state index contributed by atoms with van der Waals surface area (Å²) in [6.45, 7) is 4.26. The summed E-state index contributed by atoms with van der Waals surface area (Å²) in [6, 6.07) is 5.57. The minimum Gasteiger partial charge on any atom is -0.366 e. The Labute approximate surface area is 197 Å². The molecule has 2 heterocycles. The van der Waals surface area contributed by atoms with Gasteiger partial charge in [0, 0.05) is 31.4 Å². The van der Waals surface area contributed by atoms with Gasteiger partial charge >= 0.3 is 6.18 Å². The highest BCUT2D eigenvalue weighted by Crippen LogP contribution is 2.37. The van der Waals surface area contributed by atoms with Crippen molar-refractivity contribution < 1.29 is 22.6 Å². The van der Waals surface area contributed by atoms with Crippen LogP contribution >= 0.6 is 0 Å². The van der Waals surface area contributed by atoms with Gasteiger partial charge in [0.2, 0.25) is 0 Å². The zero-order valence-corrected chi connectivity index (χ0v) is 19.2. The van der Waals surface area contributed by atoms with Crippen LogP contribution < -0.4 is 4.90 Å². The molecule has 9 heteroatoms. The van der Waals surface area contributed by atoms with Crippen molar-refractivity contribution in [2.24, 2.45) is 0 Å². The SMILES string of the molecule is CCn1cncc1C1=CCC(N(CCOC2CCCCO2)c2ccc(C#N)c(C(F)(F)F)c2)C1. The summed E-state index contributed by atoms with van der Waals surface area (Å²) in [6.07, 6.45) is 5.15. The molecular formula is C25H29F3N4O2. The van der Waals surface area contributed by atoms with E-state index in [-0.39, 0.29) is 17.9 Å². The van der Waals surface area contributed by atoms with E-state index in [4.69, 9.17) is 9.47 Å². The lowest BCUT2D eigenvalue weighted by molar-refractivity contribution is -0.160. The fourth-order valence-corrected chi connectivity index (χ4v) is 4.68. The molecule has 1 aromatic carbocycles. The molecule has 2 atom stereocenters. The highest BCUT2D eigenvalue weighted by molar-refractivity contribution is 5.67. The van der Waals surface area contributed by atoms with Crippen LogP contribution in [0, 0.1) is 11.3 Å². The van der Waals surface area contributed by atoms with Crippen molar-refractivity contribution in [2.45, 2.75) is 64.1 Å². The summed E-state index contributed by atoms with van der Waals surface area (Å²) in [5, 5.41) is 9.18. The molecule has 0 radical (unpaired) electrons. The van der Waals surface area contributed by atoms with Crippen LogP contribution in [-0.2, 0) is 22.2 Å². The third-order valence-corrected chi connectivity index (χ3v) is 6.45. The average molecular weight is 475 g/mol. The molecule has 2 unspecified atom stereocenters. The molecule has 182 valence electrons. The molecule has 0 amide bonds. The van der Waals surface area contributed by atoms with Crippen LogP contribution in [0.25, 0.3) is 5.57 Å². The van der Waals surface area contributed by atoms with Crippen molar-refractivity contribution in [1.29, 1.82) is 5.26 Å². The lowest BCUT2D eigenvalue weighted by Gasteiger charge is -2.33. The zero-order chi connectivity index (χ0) is 24.1. The number of nitriles is 1. The lowest BCUT2D eigenvalue weighted by atomic mass is 10.0. The van der Waals surface area contributed by atoms with E-state index in [1.54, 1.807) is 18.5 Å². The second kappa shape index (κ2) is 10.6. The molecule has 0 saturated carbocycles. The number of alkyl halides is 3. The topological polar surface area (TPSA) is 63.3 Å². The van der Waals surface area contributed by atoms with Gasteiger partial charge in [0.15, 0.2) is 6.29 Å². The minimum atomic E-state index is -4.61. The minimum absolute atomic E-state index is 0.0277. The molecule has 1 aromatic heterocycles. The molecule has 0 spiro atoms. The molecule has 4 rings (SSSR count). The van der Waals surface area contributed by atoms with Gasteiger partial charge in [-0.3, -0.25) is 0 Å². The number of aryl methyl sites for hydroxylation is 1. The summed E-state index contributed by atoms with van der Waals surface area (Å²) < 4.78 is 54.5. The number of imidazole rings is 1. The zero-order valence-electron chi connectivity index (χ0n) is 19.2. The Balaban J connectivity index is 1.56. The first-order valence-corrected chi connectivity index (χ1v) is 11.7. The first-order chi connectivity index (χ1) is 16.4. The number of rotatable bonds is 8. The van der Waals surface area contributed by atoms with E-state index < -0.39 is 11.7 Å². The number of hydrogen-bond donors (Lipinski definition) is 0. The van der Waals surface area contributed by atoms with Gasteiger partial charge in [-0.05, 0) is 62.8 Å². The Morgan fingerprint density at radius 3 is 2.88 bits per heavy atom. The highest BCUT2D eigenvalue weighted by Gasteiger charge is 2.35. The largest absolute Gasteiger partial charge is 0.417 e. The van der Waals surface area contributed by atoms with Gasteiger partial charge in [0.25, 0.3) is 0 Å². The number of ether oxygens (including phenoxy) is 2. The van der Waals surface area contributed by atoms with Crippen LogP contribution in [0.4, 0.5) is 18.9 Å². The van der Waals surface area contributed by atoms with Gasteiger partial charge in [-0.2, -0.15) is 18.4 Å². The van der Waals surface area contributed by atoms with Crippen LogP contribution in [0.1, 0.15) is 55.8 Å². The molecule has 1 aliphatic heterocycles. The third-order valence-electron chi connectivity index (χ3n) is 6.45. The van der Waals surface area contributed by atoms with E-state index in [9.17, 15) is 18.4 Å². The maximum Gasteiger partial charge on any atom is 0.417 e. The smallest absolute Gasteiger partial charge is 0.366 e. The molecule has 34 heavy (non-hydrogen) atoms. The summed E-state index contributed by atoms with van der Waals surface area (Å²) in [4.78, 5) is 6.21. The van der Waals surface area contributed by atoms with Gasteiger partial charge in [0.1, 0.15) is 0 Å². The molecule has 1 aliphatic carbocycles. The number of aromatic nitrogens is 2. The van der Waals surface area contributed by atoms with E-state index in [2.05, 4.69) is 15.6 Å². The first-order valence-electron chi connectivity index (χ1n) is 11.7. The predicted molar refractivity (Wildman–Crippen MR) is 122 cm³/mol. The van der Waals surface area contributed by atoms with Crippen LogP contribution in [0.3, 0.4) is 0 Å². The van der Waals surface area contributed by atoms with Crippen LogP contribution in [-0.4, -0.2) is 41.6 Å². The van der Waals surface area contributed by atoms with Crippen molar-refractivity contribution in [3.8, 4) is 6.07 Å². The van der Waals surface area contributed by atoms with Gasteiger partial charge in [-0.15, -0.1) is 0 Å². The van der Waals surface area contributed by atoms with Crippen molar-refractivity contribution >= 4 is 11.3 Å². The number of hydrogen-bond acceptors (Lipinski definition) is 5. The Morgan fingerprint density at radius 2 is 2.18 bits per heavy atom. The fourth-order valence-electron chi connectivity index (χ4n) is 4.68. The molecular weight excluding hydrogens is 445 g/mol. The standard InChI is InChI=1S/C25H29F3N4O2/c1-2-31-17-30-16-23(31)18-6-8-20(13-18)32(10-12-34-24-5-3-4-11-33-24)21-9-7-19(15-29)22(14-21)25(26,27)28/h6-7,9,14,16-17,20,24H,2-5,8,10-13H2,1H3. The lowest BCUT2D eigenvalue weighted by Crippen LogP contribution is -2.38. The van der Waals surface area contributed by atoms with Crippen molar-refractivity contribution in [1.82, 2.24) is 9.55 Å². The average Bonchev–Trinajstić information content (AvgIpc) is 3.51. The van der Waals surface area contributed by atoms with E-state index >= 15 is 0 Å². The number of anilines is 1. The quantitative estimate of drug-likeness (QED) is 0.513. The van der Waals surface area contributed by atoms with E-state index in [0.717, 1.165) is 43.1 Å². The Morgan fingerprint density at radius 1 is 1.32 bits per heavy atom. The Bertz CT molecular complexity index is 1050. The summed E-state index contributed by atoms with van der Waals surface area (Å²) in [5.74, 6) is 0. The van der Waals surface area contributed by atoms with E-state index in [0.29, 0.717) is 38.3 Å². The molecule has 0 bridgehead atoms. The molecule has 1 fully saturated rings. The van der Waals surface area contributed by atoms with Gasteiger partial charge in [-0.1, -0.05) is 6.08 Å². The molecule has 6 nitrogen and oxygen atoms in total. The summed E-state index contributed by atoms with van der Waals surface area (Å²) in [5.41, 5.74) is 1.32. The van der Waals surface area contributed by atoms with Crippen LogP contribution in [0.15, 0.2) is 36.8 Å². The summed E-state index contributed by atoms with van der Waals surface area (Å²) in [7, 11) is 0. The first kappa shape index (κ1) is 24.3. The van der Waals surface area contributed by atoms with Crippen molar-refractivity contribution in [3.63, 3.8) is 0 Å². The van der Waals surface area contributed by atoms with Crippen LogP contribution in [0.2, 0.25) is 0 Å². The predicted octanol–water partition coefficient (Wildman–Crippen LogP) is 5.39. The fraction of sp³-hybridized carbons (Fsp3) is 0.520. The molecule has 1 saturated heterocycles. The molecule has 0 N–H and O–H groups in total. The number of benzene rings is 1. The van der Waals surface area contributed by atoms with Gasteiger partial charge in [-0.25, -0.2) is 4.98 Å². The maximum atomic E-state index is 13.7. The second-order valence-corrected chi connectivity index (χ2v) is 8.59. The van der Waals surface area contributed by atoms with Crippen molar-refractivity contribution in [2.75, 3.05) is 24.7 Å². The highest BCUT2D eigenvalue weighted by atomic mass is 19.4. The molecule has 2 aromatic rings. The third kappa shape index (κ3) is 5.45. The van der Waals surface area contributed by atoms with Gasteiger partial charge in [0.05, 0.1) is 42.0 Å². The van der Waals surface area contributed by atoms with Crippen LogP contribution in [0.5, 0.6) is 0 Å². The number of halogens is 3. The Kier molecular flexibility index (Phi) is 7.59. The second-order valence-electron chi connectivity index (χ2n) is 8.59. The normalized spacial score (nSPS) is 20.7. The summed E-state index contributed by atoms with van der Waals surface area (Å²) >= 11 is 0. The number of nitrogens with zero attached hydrogens (tertiary/aromatic N) is 4.